The first-order valence-corrected chi connectivity index (χ1v) is 13.1. The zero-order valence-corrected chi connectivity index (χ0v) is 22.0. The van der Waals surface area contributed by atoms with Gasteiger partial charge in [0.2, 0.25) is 0 Å². The Morgan fingerprint density at radius 3 is 1.91 bits per heavy atom. The molecular formula is C21H30N2O6S3. The lowest BCUT2D eigenvalue weighted by Crippen LogP contribution is -2.39. The van der Waals surface area contributed by atoms with Crippen molar-refractivity contribution >= 4 is 45.1 Å². The first-order chi connectivity index (χ1) is 14.4. The van der Waals surface area contributed by atoms with E-state index in [2.05, 4.69) is 4.98 Å². The number of carbonyl (C=O) groups excluding carboxylic acids is 2. The van der Waals surface area contributed by atoms with Crippen LogP contribution in [0.1, 0.15) is 46.4 Å². The molecule has 0 aliphatic carbocycles. The Labute approximate surface area is 198 Å². The Hall–Kier alpha value is -2.11. The Bertz CT molecular complexity index is 1010. The van der Waals surface area contributed by atoms with E-state index < -0.39 is 33.2 Å². The number of pyridine rings is 1. The molecule has 0 aliphatic heterocycles. The van der Waals surface area contributed by atoms with Gasteiger partial charge in [0.25, 0.3) is 0 Å². The number of hydrogen-bond donors (Lipinski definition) is 1. The van der Waals surface area contributed by atoms with Crippen LogP contribution in [-0.4, -0.2) is 43.0 Å². The molecule has 0 saturated heterocycles. The fourth-order valence-corrected chi connectivity index (χ4v) is 4.61. The molecular weight excluding hydrogens is 472 g/mol. The normalized spacial score (nSPS) is 11.8. The van der Waals surface area contributed by atoms with Crippen molar-refractivity contribution in [2.45, 2.75) is 73.9 Å². The van der Waals surface area contributed by atoms with Crippen molar-refractivity contribution in [2.75, 3.05) is 6.26 Å². The first-order valence-electron chi connectivity index (χ1n) is 9.59. The molecule has 2 aromatic rings. The van der Waals surface area contributed by atoms with Gasteiger partial charge in [0.05, 0.1) is 4.21 Å². The number of amides is 2. The van der Waals surface area contributed by atoms with Crippen LogP contribution in [0.15, 0.2) is 44.6 Å². The maximum Gasteiger partial charge on any atom is 0.417 e. The summed E-state index contributed by atoms with van der Waals surface area (Å²) >= 11 is 3.15. The molecule has 0 bridgehead atoms. The van der Waals surface area contributed by atoms with E-state index in [1.807, 2.05) is 30.4 Å². The van der Waals surface area contributed by atoms with Crippen molar-refractivity contribution in [1.82, 2.24) is 10.3 Å². The topological polar surface area (TPSA) is 112 Å². The highest BCUT2D eigenvalue weighted by Gasteiger charge is 2.22. The molecule has 1 N–H and O–H groups in total. The summed E-state index contributed by atoms with van der Waals surface area (Å²) in [5, 5.41) is 2.80. The molecule has 0 aliphatic rings. The second-order valence-corrected chi connectivity index (χ2v) is 13.3. The van der Waals surface area contributed by atoms with Gasteiger partial charge in [-0.2, -0.15) is 0 Å². The van der Waals surface area contributed by atoms with Crippen LogP contribution >= 0.6 is 23.1 Å². The molecule has 11 heteroatoms. The summed E-state index contributed by atoms with van der Waals surface area (Å²) in [5.41, 5.74) is -1.27. The van der Waals surface area contributed by atoms with Gasteiger partial charge in [0, 0.05) is 11.1 Å². The molecule has 0 fully saturated rings. The van der Waals surface area contributed by atoms with Gasteiger partial charge in [-0.05, 0) is 72.7 Å². The highest BCUT2D eigenvalue weighted by Crippen LogP contribution is 2.32. The van der Waals surface area contributed by atoms with Crippen LogP contribution in [0, 0.1) is 6.92 Å². The van der Waals surface area contributed by atoms with Crippen LogP contribution in [0.4, 0.5) is 9.59 Å². The van der Waals surface area contributed by atoms with E-state index in [-0.39, 0.29) is 5.03 Å². The zero-order valence-electron chi connectivity index (χ0n) is 19.5. The average Bonchev–Trinajstić information content (AvgIpc) is 2.96. The largest absolute Gasteiger partial charge is 0.443 e. The number of aryl methyl sites for hydroxylation is 1. The Balaban J connectivity index is 0.000000324. The highest BCUT2D eigenvalue weighted by molar-refractivity contribution is 8.01. The van der Waals surface area contributed by atoms with E-state index in [0.717, 1.165) is 4.21 Å². The number of hydrogen-bond acceptors (Lipinski definition) is 9. The van der Waals surface area contributed by atoms with E-state index >= 15 is 0 Å². The van der Waals surface area contributed by atoms with Crippen LogP contribution in [0.2, 0.25) is 0 Å². The third-order valence-corrected chi connectivity index (χ3v) is 6.06. The number of imide groups is 1. The Morgan fingerprint density at radius 2 is 1.50 bits per heavy atom. The van der Waals surface area contributed by atoms with E-state index in [1.165, 1.54) is 29.0 Å². The SMILES string of the molecule is CC(C)(C)OC(=O)NC(=O)OC(C)(C)C.Cc1ccc(Sc2cccc(S(C)(=O)=O)n2)s1. The van der Waals surface area contributed by atoms with E-state index in [0.29, 0.717) is 5.03 Å². The van der Waals surface area contributed by atoms with Gasteiger partial charge in [-0.1, -0.05) is 17.8 Å². The highest BCUT2D eigenvalue weighted by atomic mass is 32.2. The molecule has 2 heterocycles. The number of thiophene rings is 1. The van der Waals surface area contributed by atoms with Gasteiger partial charge >= 0.3 is 12.2 Å². The summed E-state index contributed by atoms with van der Waals surface area (Å²) < 4.78 is 33.6. The lowest BCUT2D eigenvalue weighted by molar-refractivity contribution is 0.0353. The van der Waals surface area contributed by atoms with Crippen molar-refractivity contribution in [3.05, 3.63) is 35.2 Å². The summed E-state index contributed by atoms with van der Waals surface area (Å²) in [4.78, 5) is 27.6. The number of nitrogens with zero attached hydrogens (tertiary/aromatic N) is 1. The smallest absolute Gasteiger partial charge is 0.417 e. The number of rotatable bonds is 3. The second-order valence-electron chi connectivity index (χ2n) is 8.68. The van der Waals surface area contributed by atoms with Gasteiger partial charge in [0.1, 0.15) is 16.2 Å². The van der Waals surface area contributed by atoms with Crippen molar-refractivity contribution < 1.29 is 27.5 Å². The molecule has 178 valence electrons. The fraction of sp³-hybridized carbons (Fsp3) is 0.476. The molecule has 0 saturated carbocycles. The molecule has 0 radical (unpaired) electrons. The minimum atomic E-state index is -3.23. The number of nitrogens with one attached hydrogen (secondary N) is 1. The van der Waals surface area contributed by atoms with Gasteiger partial charge in [-0.3, -0.25) is 0 Å². The van der Waals surface area contributed by atoms with Gasteiger partial charge in [-0.15, -0.1) is 11.3 Å². The Kier molecular flexibility index (Phi) is 9.73. The molecule has 0 atom stereocenters. The molecule has 2 amide bonds. The molecule has 2 aromatic heterocycles. The molecule has 8 nitrogen and oxygen atoms in total. The maximum atomic E-state index is 11.4. The van der Waals surface area contributed by atoms with Gasteiger partial charge < -0.3 is 9.47 Å². The number of carbonyl (C=O) groups is 2. The third kappa shape index (κ3) is 12.1. The van der Waals surface area contributed by atoms with Crippen molar-refractivity contribution in [2.24, 2.45) is 0 Å². The standard InChI is InChI=1S/C11H11NO2S3.C10H19NO4/c1-8-6-7-11(15-8)16-9-4-3-5-10(12-9)17(2,13)14;1-9(2,3)14-7(12)11-8(13)15-10(4,5)6/h3-7H,1-2H3;1-6H3,(H,11,12,13). The minimum absolute atomic E-state index is 0.121. The van der Waals surface area contributed by atoms with Crippen LogP contribution < -0.4 is 5.32 Å². The van der Waals surface area contributed by atoms with E-state index in [1.54, 1.807) is 58.9 Å². The second kappa shape index (κ2) is 11.2. The average molecular weight is 503 g/mol. The first kappa shape index (κ1) is 27.9. The predicted molar refractivity (Wildman–Crippen MR) is 126 cm³/mol. The van der Waals surface area contributed by atoms with Crippen LogP contribution in [0.25, 0.3) is 0 Å². The monoisotopic (exact) mass is 502 g/mol. The fourth-order valence-electron chi connectivity index (χ4n) is 1.92. The summed E-state index contributed by atoms with van der Waals surface area (Å²) in [5.74, 6) is 0. The number of alkyl carbamates (subject to hydrolysis) is 2. The maximum absolute atomic E-state index is 11.4. The van der Waals surface area contributed by atoms with Crippen LogP contribution in [0.3, 0.4) is 0 Å². The Morgan fingerprint density at radius 1 is 0.969 bits per heavy atom. The van der Waals surface area contributed by atoms with Gasteiger partial charge in [-0.25, -0.2) is 28.3 Å². The molecule has 2 rings (SSSR count). The summed E-state index contributed by atoms with van der Waals surface area (Å²) in [7, 11) is -3.23. The molecule has 0 aromatic carbocycles. The van der Waals surface area contributed by atoms with Crippen LogP contribution in [0.5, 0.6) is 0 Å². The van der Waals surface area contributed by atoms with E-state index in [4.69, 9.17) is 9.47 Å². The summed E-state index contributed by atoms with van der Waals surface area (Å²) in [6.45, 7) is 12.3. The minimum Gasteiger partial charge on any atom is -0.443 e. The number of aromatic nitrogens is 1. The van der Waals surface area contributed by atoms with Crippen molar-refractivity contribution in [3.63, 3.8) is 0 Å². The zero-order chi connectivity index (χ0) is 24.7. The lowest BCUT2D eigenvalue weighted by atomic mass is 10.2. The quantitative estimate of drug-likeness (QED) is 0.589. The summed E-state index contributed by atoms with van der Waals surface area (Å²) in [6.07, 6.45) is -0.451. The van der Waals surface area contributed by atoms with E-state index in [9.17, 15) is 18.0 Å². The lowest BCUT2D eigenvalue weighted by Gasteiger charge is -2.21. The summed E-state index contributed by atoms with van der Waals surface area (Å²) in [6, 6.07) is 9.09. The van der Waals surface area contributed by atoms with Crippen molar-refractivity contribution in [1.29, 1.82) is 0 Å². The number of ether oxygens (including phenoxy) is 2. The van der Waals surface area contributed by atoms with Crippen LogP contribution in [-0.2, 0) is 19.3 Å². The van der Waals surface area contributed by atoms with Crippen molar-refractivity contribution in [3.8, 4) is 0 Å². The molecule has 32 heavy (non-hydrogen) atoms. The predicted octanol–water partition coefficient (Wildman–Crippen LogP) is 5.45. The number of sulfone groups is 1. The molecule has 0 spiro atoms. The van der Waals surface area contributed by atoms with Gasteiger partial charge in [0.15, 0.2) is 14.9 Å². The molecule has 0 unspecified atom stereocenters. The third-order valence-electron chi connectivity index (χ3n) is 3.00.